The van der Waals surface area contributed by atoms with Crippen molar-refractivity contribution in [3.8, 4) is 10.7 Å². The number of carbonyl (C=O) groups excluding carboxylic acids is 1. The summed E-state index contributed by atoms with van der Waals surface area (Å²) in [5.74, 6) is -2.20. The Hall–Kier alpha value is -3.20. The van der Waals surface area contributed by atoms with E-state index in [4.69, 9.17) is 0 Å². The van der Waals surface area contributed by atoms with Crippen LogP contribution in [0.5, 0.6) is 0 Å². The number of hydrogen-bond donors (Lipinski definition) is 1. The summed E-state index contributed by atoms with van der Waals surface area (Å²) < 4.78 is 13.2. The van der Waals surface area contributed by atoms with Crippen LogP contribution in [0.25, 0.3) is 10.7 Å². The molecule has 0 spiro atoms. The first-order chi connectivity index (χ1) is 12.5. The molecule has 9 heteroatoms. The first-order valence-corrected chi connectivity index (χ1v) is 8.33. The molecule has 132 valence electrons. The van der Waals surface area contributed by atoms with Crippen LogP contribution in [-0.4, -0.2) is 38.0 Å². The molecule has 26 heavy (non-hydrogen) atoms. The highest BCUT2D eigenvalue weighted by Crippen LogP contribution is 2.27. The van der Waals surface area contributed by atoms with Gasteiger partial charge in [-0.25, -0.2) is 14.2 Å². The van der Waals surface area contributed by atoms with E-state index in [9.17, 15) is 19.1 Å². The second-order valence-corrected chi connectivity index (χ2v) is 6.32. The highest BCUT2D eigenvalue weighted by atomic mass is 32.1. The molecule has 3 rings (SSSR count). The average Bonchev–Trinajstić information content (AvgIpc) is 3.14. The summed E-state index contributed by atoms with van der Waals surface area (Å²) >= 11 is 1.08. The lowest BCUT2D eigenvalue weighted by molar-refractivity contribution is -0.138. The maximum Gasteiger partial charge on any atom is 0.326 e. The SMILES string of the molecule is CC(C(=O)O)N(C(=O)c1cnc(-c2cnccn2)s1)c1ccc(F)cc1. The number of carboxylic acids is 1. The Kier molecular flexibility index (Phi) is 4.99. The van der Waals surface area contributed by atoms with Crippen LogP contribution in [-0.2, 0) is 4.79 Å². The highest BCUT2D eigenvalue weighted by Gasteiger charge is 2.29. The predicted octanol–water partition coefficient (Wildman–Crippen LogP) is 2.86. The summed E-state index contributed by atoms with van der Waals surface area (Å²) in [6.45, 7) is 1.38. The lowest BCUT2D eigenvalue weighted by Gasteiger charge is -2.26. The minimum atomic E-state index is -1.18. The van der Waals surface area contributed by atoms with E-state index in [1.807, 2.05) is 0 Å². The van der Waals surface area contributed by atoms with E-state index in [1.165, 1.54) is 56.0 Å². The van der Waals surface area contributed by atoms with Crippen molar-refractivity contribution in [1.29, 1.82) is 0 Å². The van der Waals surface area contributed by atoms with E-state index in [0.29, 0.717) is 10.7 Å². The van der Waals surface area contributed by atoms with Crippen molar-refractivity contribution in [2.45, 2.75) is 13.0 Å². The zero-order valence-corrected chi connectivity index (χ0v) is 14.4. The number of rotatable bonds is 5. The number of nitrogens with zero attached hydrogens (tertiary/aromatic N) is 4. The van der Waals surface area contributed by atoms with Gasteiger partial charge in [-0.2, -0.15) is 0 Å². The van der Waals surface area contributed by atoms with Crippen molar-refractivity contribution < 1.29 is 19.1 Å². The Morgan fingerprint density at radius 1 is 1.15 bits per heavy atom. The molecule has 0 radical (unpaired) electrons. The number of carboxylic acid groups (broad SMARTS) is 1. The third kappa shape index (κ3) is 3.57. The number of aliphatic carboxylic acids is 1. The molecule has 0 aliphatic carbocycles. The van der Waals surface area contributed by atoms with Crippen LogP contribution in [0.15, 0.2) is 49.1 Å². The molecule has 3 aromatic rings. The number of thiazole rings is 1. The van der Waals surface area contributed by atoms with E-state index in [1.54, 1.807) is 0 Å². The molecule has 0 bridgehead atoms. The number of anilines is 1. The second-order valence-electron chi connectivity index (χ2n) is 5.29. The fraction of sp³-hybridized carbons (Fsp3) is 0.118. The van der Waals surface area contributed by atoms with Gasteiger partial charge in [-0.05, 0) is 31.2 Å². The first kappa shape index (κ1) is 17.6. The number of carbonyl (C=O) groups is 2. The quantitative estimate of drug-likeness (QED) is 0.740. The minimum absolute atomic E-state index is 0.239. The monoisotopic (exact) mass is 372 g/mol. The normalized spacial score (nSPS) is 11.8. The van der Waals surface area contributed by atoms with Crippen LogP contribution >= 0.6 is 11.3 Å². The molecule has 1 N–H and O–H groups in total. The van der Waals surface area contributed by atoms with Gasteiger partial charge in [0, 0.05) is 18.1 Å². The maximum atomic E-state index is 13.2. The number of hydrogen-bond acceptors (Lipinski definition) is 6. The first-order valence-electron chi connectivity index (χ1n) is 7.51. The zero-order chi connectivity index (χ0) is 18.7. The van der Waals surface area contributed by atoms with Crippen LogP contribution in [0.4, 0.5) is 10.1 Å². The van der Waals surface area contributed by atoms with Crippen molar-refractivity contribution in [2.24, 2.45) is 0 Å². The number of halogens is 1. The highest BCUT2D eigenvalue weighted by molar-refractivity contribution is 7.17. The minimum Gasteiger partial charge on any atom is -0.480 e. The predicted molar refractivity (Wildman–Crippen MR) is 93.4 cm³/mol. The fourth-order valence-corrected chi connectivity index (χ4v) is 3.06. The van der Waals surface area contributed by atoms with E-state index in [-0.39, 0.29) is 10.6 Å². The van der Waals surface area contributed by atoms with Crippen molar-refractivity contribution in [3.63, 3.8) is 0 Å². The van der Waals surface area contributed by atoms with Crippen LogP contribution in [0.3, 0.4) is 0 Å². The summed E-state index contributed by atoms with van der Waals surface area (Å²) in [4.78, 5) is 37.9. The third-order valence-electron chi connectivity index (χ3n) is 3.57. The average molecular weight is 372 g/mol. The standard InChI is InChI=1S/C17H13FN4O3S/c1-10(17(24)25)22(12-4-2-11(18)3-5-12)16(23)14-9-21-15(26-14)13-8-19-6-7-20-13/h2-10H,1H3,(H,24,25). The van der Waals surface area contributed by atoms with Gasteiger partial charge < -0.3 is 5.11 Å². The van der Waals surface area contributed by atoms with E-state index >= 15 is 0 Å². The van der Waals surface area contributed by atoms with Gasteiger partial charge in [0.1, 0.15) is 27.4 Å². The van der Waals surface area contributed by atoms with Gasteiger partial charge >= 0.3 is 5.97 Å². The van der Waals surface area contributed by atoms with E-state index in [2.05, 4.69) is 15.0 Å². The van der Waals surface area contributed by atoms with Crippen molar-refractivity contribution in [2.75, 3.05) is 4.90 Å². The molecule has 0 aliphatic rings. The molecule has 0 saturated heterocycles. The largest absolute Gasteiger partial charge is 0.480 e. The molecule has 1 amide bonds. The van der Waals surface area contributed by atoms with Gasteiger partial charge in [0.25, 0.3) is 5.91 Å². The lowest BCUT2D eigenvalue weighted by atomic mass is 10.2. The van der Waals surface area contributed by atoms with Gasteiger partial charge in [0.15, 0.2) is 0 Å². The zero-order valence-electron chi connectivity index (χ0n) is 13.5. The molecule has 0 saturated carbocycles. The molecule has 7 nitrogen and oxygen atoms in total. The molecule has 0 aliphatic heterocycles. The molecular formula is C17H13FN4O3S. The van der Waals surface area contributed by atoms with Gasteiger partial charge in [-0.3, -0.25) is 19.7 Å². The van der Waals surface area contributed by atoms with Crippen LogP contribution < -0.4 is 4.90 Å². The summed E-state index contributed by atoms with van der Waals surface area (Å²) in [6.07, 6.45) is 5.91. The topological polar surface area (TPSA) is 96.3 Å². The molecule has 0 fully saturated rings. The maximum absolute atomic E-state index is 13.2. The smallest absolute Gasteiger partial charge is 0.326 e. The Bertz CT molecular complexity index is 931. The number of benzene rings is 1. The molecule has 1 aromatic carbocycles. The molecule has 2 heterocycles. The van der Waals surface area contributed by atoms with Crippen LogP contribution in [0, 0.1) is 5.82 Å². The summed E-state index contributed by atoms with van der Waals surface area (Å²) in [5, 5.41) is 9.84. The number of aromatic nitrogens is 3. The summed E-state index contributed by atoms with van der Waals surface area (Å²) in [6, 6.07) is 3.91. The van der Waals surface area contributed by atoms with Gasteiger partial charge in [0.2, 0.25) is 0 Å². The second kappa shape index (κ2) is 7.36. The van der Waals surface area contributed by atoms with Gasteiger partial charge in [-0.1, -0.05) is 0 Å². The van der Waals surface area contributed by atoms with Crippen molar-refractivity contribution in [1.82, 2.24) is 15.0 Å². The van der Waals surface area contributed by atoms with E-state index in [0.717, 1.165) is 16.2 Å². The van der Waals surface area contributed by atoms with Crippen molar-refractivity contribution >= 4 is 28.9 Å². The Morgan fingerprint density at radius 3 is 2.50 bits per heavy atom. The van der Waals surface area contributed by atoms with Crippen molar-refractivity contribution in [3.05, 3.63) is 59.7 Å². The molecule has 1 atom stereocenters. The summed E-state index contributed by atoms with van der Waals surface area (Å²) in [5.41, 5.74) is 0.789. The third-order valence-corrected chi connectivity index (χ3v) is 4.57. The molecule has 1 unspecified atom stereocenters. The van der Waals surface area contributed by atoms with Gasteiger partial charge in [0.05, 0.1) is 12.4 Å². The lowest BCUT2D eigenvalue weighted by Crippen LogP contribution is -2.43. The Balaban J connectivity index is 1.96. The summed E-state index contributed by atoms with van der Waals surface area (Å²) in [7, 11) is 0. The molecular weight excluding hydrogens is 359 g/mol. The molecule has 2 aromatic heterocycles. The Morgan fingerprint density at radius 2 is 1.88 bits per heavy atom. The van der Waals surface area contributed by atoms with Crippen LogP contribution in [0.1, 0.15) is 16.6 Å². The Labute approximate surface area is 151 Å². The number of amides is 1. The fourth-order valence-electron chi connectivity index (χ4n) is 2.25. The van der Waals surface area contributed by atoms with E-state index < -0.39 is 23.7 Å². The van der Waals surface area contributed by atoms with Gasteiger partial charge in [-0.15, -0.1) is 11.3 Å². The van der Waals surface area contributed by atoms with Crippen LogP contribution in [0.2, 0.25) is 0 Å².